The number of hydrogen-bond donors (Lipinski definition) is 2. The van der Waals surface area contributed by atoms with Gasteiger partial charge in [0.1, 0.15) is 11.3 Å². The molecule has 1 aliphatic heterocycles. The Morgan fingerprint density at radius 1 is 1.12 bits per heavy atom. The number of amides is 2. The van der Waals surface area contributed by atoms with Crippen molar-refractivity contribution in [1.29, 1.82) is 0 Å². The van der Waals surface area contributed by atoms with Crippen molar-refractivity contribution in [3.63, 3.8) is 0 Å². The number of carbonyl (C=O) groups is 2. The van der Waals surface area contributed by atoms with E-state index >= 15 is 0 Å². The van der Waals surface area contributed by atoms with Gasteiger partial charge >= 0.3 is 0 Å². The first-order valence-corrected chi connectivity index (χ1v) is 7.71. The van der Waals surface area contributed by atoms with E-state index in [2.05, 4.69) is 5.32 Å². The normalized spacial score (nSPS) is 16.5. The fourth-order valence-corrected chi connectivity index (χ4v) is 2.72. The Kier molecular flexibility index (Phi) is 4.33. The van der Waals surface area contributed by atoms with Crippen LogP contribution in [0, 0.1) is 0 Å². The molecule has 2 amide bonds. The zero-order valence-corrected chi connectivity index (χ0v) is 13.8. The van der Waals surface area contributed by atoms with Gasteiger partial charge in [0, 0.05) is 0 Å². The molecule has 1 saturated heterocycles. The summed E-state index contributed by atoms with van der Waals surface area (Å²) in [5.74, 6) is -1.19. The number of thiocarbonyl (C=S) groups is 1. The Hall–Kier alpha value is -2.70. The summed E-state index contributed by atoms with van der Waals surface area (Å²) >= 11 is 11.0. The summed E-state index contributed by atoms with van der Waals surface area (Å²) in [6.07, 6.45) is 1.40. The zero-order valence-electron chi connectivity index (χ0n) is 12.2. The van der Waals surface area contributed by atoms with Crippen LogP contribution < -0.4 is 10.2 Å². The lowest BCUT2D eigenvalue weighted by Crippen LogP contribution is -2.54. The van der Waals surface area contributed by atoms with Gasteiger partial charge in [-0.05, 0) is 48.1 Å². The molecule has 24 heavy (non-hydrogen) atoms. The predicted molar refractivity (Wildman–Crippen MR) is 95.8 cm³/mol. The van der Waals surface area contributed by atoms with Crippen molar-refractivity contribution in [2.75, 3.05) is 4.90 Å². The predicted octanol–water partition coefficient (Wildman–Crippen LogP) is 2.88. The molecule has 0 aliphatic carbocycles. The largest absolute Gasteiger partial charge is 0.506 e. The number of hydrogen-bond acceptors (Lipinski definition) is 4. The number of nitrogens with one attached hydrogen (secondary N) is 1. The molecule has 120 valence electrons. The lowest BCUT2D eigenvalue weighted by Gasteiger charge is -2.28. The molecule has 0 bridgehead atoms. The van der Waals surface area contributed by atoms with Crippen molar-refractivity contribution < 1.29 is 14.7 Å². The van der Waals surface area contributed by atoms with E-state index < -0.39 is 11.8 Å². The Balaban J connectivity index is 2.02. The fraction of sp³-hybridized carbons (Fsp3) is 0. The smallest absolute Gasteiger partial charge is 0.270 e. The van der Waals surface area contributed by atoms with Crippen LogP contribution in [-0.2, 0) is 9.59 Å². The summed E-state index contributed by atoms with van der Waals surface area (Å²) in [4.78, 5) is 26.1. The second kappa shape index (κ2) is 6.43. The first-order chi connectivity index (χ1) is 11.5. The van der Waals surface area contributed by atoms with Crippen LogP contribution >= 0.6 is 23.8 Å². The van der Waals surface area contributed by atoms with E-state index in [0.717, 1.165) is 0 Å². The number of para-hydroxylation sites is 1. The number of anilines is 1. The van der Waals surface area contributed by atoms with Crippen LogP contribution in [0.2, 0.25) is 5.02 Å². The molecule has 1 fully saturated rings. The summed E-state index contributed by atoms with van der Waals surface area (Å²) in [6, 6.07) is 13.2. The minimum atomic E-state index is -0.582. The summed E-state index contributed by atoms with van der Waals surface area (Å²) < 4.78 is 0. The Bertz CT molecular complexity index is 881. The number of nitrogens with zero attached hydrogens (tertiary/aromatic N) is 1. The van der Waals surface area contributed by atoms with Crippen LogP contribution in [0.3, 0.4) is 0 Å². The third kappa shape index (κ3) is 3.02. The minimum Gasteiger partial charge on any atom is -0.506 e. The molecule has 0 aromatic heterocycles. The summed E-state index contributed by atoms with van der Waals surface area (Å²) in [6.45, 7) is 0. The number of aromatic hydroxyl groups is 1. The molecule has 0 spiro atoms. The Morgan fingerprint density at radius 2 is 1.83 bits per heavy atom. The first kappa shape index (κ1) is 16.2. The number of halogens is 1. The molecule has 2 aromatic carbocycles. The molecule has 1 aliphatic rings. The Morgan fingerprint density at radius 3 is 2.50 bits per heavy atom. The Labute approximate surface area is 148 Å². The summed E-state index contributed by atoms with van der Waals surface area (Å²) in [5.41, 5.74) is 0.994. The molecule has 0 unspecified atom stereocenters. The number of phenols is 1. The van der Waals surface area contributed by atoms with E-state index in [1.54, 1.807) is 30.3 Å². The topological polar surface area (TPSA) is 69.6 Å². The van der Waals surface area contributed by atoms with Crippen molar-refractivity contribution >= 4 is 52.5 Å². The second-order valence-corrected chi connectivity index (χ2v) is 5.80. The molecule has 3 rings (SSSR count). The highest BCUT2D eigenvalue weighted by Crippen LogP contribution is 2.26. The average molecular weight is 359 g/mol. The maximum Gasteiger partial charge on any atom is 0.270 e. The van der Waals surface area contributed by atoms with Gasteiger partial charge in [-0.2, -0.15) is 0 Å². The van der Waals surface area contributed by atoms with Gasteiger partial charge in [0.2, 0.25) is 0 Å². The number of phenolic OH excluding ortho intramolecular Hbond substituents is 1. The molecule has 1 heterocycles. The first-order valence-electron chi connectivity index (χ1n) is 6.92. The molecule has 2 N–H and O–H groups in total. The van der Waals surface area contributed by atoms with Gasteiger partial charge < -0.3 is 5.11 Å². The van der Waals surface area contributed by atoms with Crippen molar-refractivity contribution in [3.8, 4) is 5.75 Å². The monoisotopic (exact) mass is 358 g/mol. The molecular formula is C17H11ClN2O3S. The van der Waals surface area contributed by atoms with Crippen molar-refractivity contribution in [1.82, 2.24) is 5.32 Å². The maximum absolute atomic E-state index is 12.7. The molecule has 2 aromatic rings. The SMILES string of the molecule is O=C1NC(=S)N(c2ccccc2)C(=O)/C1=C/c1ccc(O)c(Cl)c1. The summed E-state index contributed by atoms with van der Waals surface area (Å²) in [5, 5.41) is 12.1. The third-order valence-corrected chi connectivity index (χ3v) is 3.99. The van der Waals surface area contributed by atoms with Crippen molar-refractivity contribution in [2.45, 2.75) is 0 Å². The van der Waals surface area contributed by atoms with Crippen LogP contribution in [0.1, 0.15) is 5.56 Å². The van der Waals surface area contributed by atoms with Crippen LogP contribution in [0.4, 0.5) is 5.69 Å². The number of carbonyl (C=O) groups excluding carboxylic acids is 2. The minimum absolute atomic E-state index is 0.0251. The highest BCUT2D eigenvalue weighted by molar-refractivity contribution is 7.80. The number of rotatable bonds is 2. The van der Waals surface area contributed by atoms with Gasteiger partial charge in [-0.25, -0.2) is 0 Å². The van der Waals surface area contributed by atoms with Gasteiger partial charge in [-0.3, -0.25) is 19.8 Å². The van der Waals surface area contributed by atoms with E-state index in [0.29, 0.717) is 11.3 Å². The van der Waals surface area contributed by atoms with Crippen molar-refractivity contribution in [2.24, 2.45) is 0 Å². The zero-order chi connectivity index (χ0) is 17.3. The average Bonchev–Trinajstić information content (AvgIpc) is 2.55. The lowest BCUT2D eigenvalue weighted by atomic mass is 10.1. The van der Waals surface area contributed by atoms with E-state index in [1.165, 1.54) is 23.1 Å². The van der Waals surface area contributed by atoms with Gasteiger partial charge in [-0.1, -0.05) is 35.9 Å². The van der Waals surface area contributed by atoms with E-state index in [1.807, 2.05) is 6.07 Å². The van der Waals surface area contributed by atoms with Crippen LogP contribution in [-0.4, -0.2) is 22.0 Å². The van der Waals surface area contributed by atoms with E-state index in [9.17, 15) is 14.7 Å². The van der Waals surface area contributed by atoms with Gasteiger partial charge in [0.05, 0.1) is 10.7 Å². The van der Waals surface area contributed by atoms with E-state index in [-0.39, 0.29) is 21.5 Å². The number of benzene rings is 2. The molecule has 0 radical (unpaired) electrons. The molecule has 0 atom stereocenters. The van der Waals surface area contributed by atoms with Crippen molar-refractivity contribution in [3.05, 3.63) is 64.7 Å². The van der Waals surface area contributed by atoms with Crippen LogP contribution in [0.25, 0.3) is 6.08 Å². The molecular weight excluding hydrogens is 348 g/mol. The third-order valence-electron chi connectivity index (χ3n) is 3.40. The van der Waals surface area contributed by atoms with Gasteiger partial charge in [0.25, 0.3) is 11.8 Å². The molecule has 0 saturated carbocycles. The van der Waals surface area contributed by atoms with Crippen LogP contribution in [0.5, 0.6) is 5.75 Å². The van der Waals surface area contributed by atoms with Gasteiger partial charge in [-0.15, -0.1) is 0 Å². The fourth-order valence-electron chi connectivity index (χ4n) is 2.25. The highest BCUT2D eigenvalue weighted by Gasteiger charge is 2.34. The van der Waals surface area contributed by atoms with Gasteiger partial charge in [0.15, 0.2) is 5.11 Å². The lowest BCUT2D eigenvalue weighted by molar-refractivity contribution is -0.122. The summed E-state index contributed by atoms with van der Waals surface area (Å²) in [7, 11) is 0. The van der Waals surface area contributed by atoms with E-state index in [4.69, 9.17) is 23.8 Å². The standard InChI is InChI=1S/C17H11ClN2O3S/c18-13-9-10(6-7-14(13)21)8-12-15(22)19-17(24)20(16(12)23)11-4-2-1-3-5-11/h1-9,21H,(H,19,22,24)/b12-8+. The maximum atomic E-state index is 12.7. The highest BCUT2D eigenvalue weighted by atomic mass is 35.5. The van der Waals surface area contributed by atoms with Crippen LogP contribution in [0.15, 0.2) is 54.1 Å². The quantitative estimate of drug-likeness (QED) is 0.492. The molecule has 5 nitrogen and oxygen atoms in total. The molecule has 7 heteroatoms. The second-order valence-electron chi connectivity index (χ2n) is 5.00.